The van der Waals surface area contributed by atoms with Crippen LogP contribution in [0.1, 0.15) is 20.3 Å². The number of alkyl halides is 1. The molecule has 1 amide bonds. The first-order chi connectivity index (χ1) is 8.02. The van der Waals surface area contributed by atoms with Gasteiger partial charge in [-0.1, -0.05) is 0 Å². The van der Waals surface area contributed by atoms with Crippen LogP contribution in [0.2, 0.25) is 0 Å². The number of hydrogen-bond acceptors (Lipinski definition) is 3. The second-order valence-corrected chi connectivity index (χ2v) is 5.11. The van der Waals surface area contributed by atoms with Gasteiger partial charge in [0.25, 0.3) is 5.91 Å². The molecule has 0 bridgehead atoms. The number of amides is 1. The van der Waals surface area contributed by atoms with Crippen LogP contribution in [0, 0.1) is 0 Å². The van der Waals surface area contributed by atoms with Crippen LogP contribution >= 0.6 is 0 Å². The van der Waals surface area contributed by atoms with E-state index in [1.807, 2.05) is 6.08 Å². The Labute approximate surface area is 98.0 Å². The van der Waals surface area contributed by atoms with E-state index in [1.54, 1.807) is 13.8 Å². The maximum Gasteiger partial charge on any atom is 0.273 e. The van der Waals surface area contributed by atoms with Gasteiger partial charge in [0.05, 0.1) is 11.2 Å². The fourth-order valence-corrected chi connectivity index (χ4v) is 1.94. The van der Waals surface area contributed by atoms with Crippen molar-refractivity contribution in [1.82, 2.24) is 5.32 Å². The highest BCUT2D eigenvalue weighted by Crippen LogP contribution is 2.51. The first kappa shape index (κ1) is 10.4. The summed E-state index contributed by atoms with van der Waals surface area (Å²) in [5, 5.41) is 10.5. The van der Waals surface area contributed by atoms with Crippen LogP contribution in [0.3, 0.4) is 0 Å². The molecule has 0 unspecified atom stereocenters. The standard InChI is InChI=1S/C12H12FN3O/c1-12(2,5-13)14-11(17)10-8-4-6-3-7(6)9(8)15-16-10/h4H,3,5H2,1-2H3,(H,14,17). The van der Waals surface area contributed by atoms with Gasteiger partial charge in [0.2, 0.25) is 0 Å². The molecule has 0 saturated heterocycles. The van der Waals surface area contributed by atoms with Crippen LogP contribution in [0.4, 0.5) is 4.39 Å². The van der Waals surface area contributed by atoms with Crippen molar-refractivity contribution in [2.45, 2.75) is 25.8 Å². The second-order valence-electron chi connectivity index (χ2n) is 5.11. The van der Waals surface area contributed by atoms with Crippen LogP contribution in [0.15, 0.2) is 44.4 Å². The Bertz CT molecular complexity index is 552. The molecule has 17 heavy (non-hydrogen) atoms. The summed E-state index contributed by atoms with van der Waals surface area (Å²) in [6.45, 7) is 2.64. The molecule has 0 atom stereocenters. The monoisotopic (exact) mass is 233 g/mol. The van der Waals surface area contributed by atoms with E-state index in [1.165, 1.54) is 11.1 Å². The van der Waals surface area contributed by atoms with Crippen molar-refractivity contribution in [1.29, 1.82) is 0 Å². The Kier molecular flexibility index (Phi) is 1.91. The highest BCUT2D eigenvalue weighted by atomic mass is 19.1. The van der Waals surface area contributed by atoms with E-state index < -0.39 is 12.2 Å². The van der Waals surface area contributed by atoms with Crippen molar-refractivity contribution >= 4 is 5.91 Å². The molecule has 1 saturated carbocycles. The zero-order chi connectivity index (χ0) is 12.2. The largest absolute Gasteiger partial charge is 0.343 e. The van der Waals surface area contributed by atoms with Crippen LogP contribution < -0.4 is 5.32 Å². The third kappa shape index (κ3) is 1.53. The predicted octanol–water partition coefficient (Wildman–Crippen LogP) is 2.17. The van der Waals surface area contributed by atoms with Crippen LogP contribution in [0.25, 0.3) is 0 Å². The smallest absolute Gasteiger partial charge is 0.273 e. The summed E-state index contributed by atoms with van der Waals surface area (Å²) in [6.07, 6.45) is 2.91. The molecule has 0 aromatic rings. The van der Waals surface area contributed by atoms with E-state index in [4.69, 9.17) is 0 Å². The number of rotatable bonds is 3. The molecule has 0 radical (unpaired) electrons. The van der Waals surface area contributed by atoms with Gasteiger partial charge in [-0.2, -0.15) is 0 Å². The molecule has 0 aromatic heterocycles. The highest BCUT2D eigenvalue weighted by Gasteiger charge is 2.38. The molecule has 4 nitrogen and oxygen atoms in total. The topological polar surface area (TPSA) is 53.8 Å². The first-order valence-corrected chi connectivity index (χ1v) is 5.51. The van der Waals surface area contributed by atoms with Crippen molar-refractivity contribution < 1.29 is 9.18 Å². The summed E-state index contributed by atoms with van der Waals surface area (Å²) in [6, 6.07) is 0. The molecule has 3 rings (SSSR count). The van der Waals surface area contributed by atoms with E-state index in [0.717, 1.165) is 17.7 Å². The summed E-state index contributed by atoms with van der Waals surface area (Å²) in [7, 11) is 0. The van der Waals surface area contributed by atoms with Crippen molar-refractivity contribution in [3.05, 3.63) is 34.2 Å². The predicted molar refractivity (Wildman–Crippen MR) is 59.8 cm³/mol. The maximum absolute atomic E-state index is 12.6. The number of halogens is 1. The second kappa shape index (κ2) is 3.12. The zero-order valence-corrected chi connectivity index (χ0v) is 9.67. The van der Waals surface area contributed by atoms with E-state index in [-0.39, 0.29) is 5.91 Å². The Morgan fingerprint density at radius 2 is 2.29 bits per heavy atom. The van der Waals surface area contributed by atoms with Gasteiger partial charge in [0, 0.05) is 12.0 Å². The Morgan fingerprint density at radius 1 is 1.53 bits per heavy atom. The van der Waals surface area contributed by atoms with Gasteiger partial charge in [-0.25, -0.2) is 4.39 Å². The lowest BCUT2D eigenvalue weighted by Gasteiger charge is -2.21. The van der Waals surface area contributed by atoms with Gasteiger partial charge in [0.15, 0.2) is 5.70 Å². The normalized spacial score (nSPS) is 20.5. The Hall–Kier alpha value is -1.78. The average molecular weight is 233 g/mol. The van der Waals surface area contributed by atoms with Gasteiger partial charge >= 0.3 is 0 Å². The Balaban J connectivity index is 1.86. The maximum atomic E-state index is 12.6. The van der Waals surface area contributed by atoms with Crippen molar-refractivity contribution in [3.8, 4) is 0 Å². The van der Waals surface area contributed by atoms with Crippen LogP contribution in [-0.2, 0) is 4.79 Å². The molecule has 1 N–H and O–H groups in total. The SMILES string of the molecule is CC(C)(CF)NC(=O)C1=C2C=C3CC3=C2N=N1. The quantitative estimate of drug-likeness (QED) is 0.798. The number of nitrogens with one attached hydrogen (secondary N) is 1. The van der Waals surface area contributed by atoms with E-state index in [0.29, 0.717) is 5.70 Å². The molecule has 1 heterocycles. The van der Waals surface area contributed by atoms with Gasteiger partial charge in [0.1, 0.15) is 6.67 Å². The minimum absolute atomic E-state index is 0.300. The van der Waals surface area contributed by atoms with Crippen molar-refractivity contribution in [2.75, 3.05) is 6.67 Å². The molecule has 0 spiro atoms. The highest BCUT2D eigenvalue weighted by molar-refractivity contribution is 5.97. The van der Waals surface area contributed by atoms with Gasteiger partial charge < -0.3 is 5.32 Å². The van der Waals surface area contributed by atoms with E-state index in [2.05, 4.69) is 15.5 Å². The third-order valence-electron chi connectivity index (χ3n) is 3.00. The van der Waals surface area contributed by atoms with Crippen LogP contribution in [-0.4, -0.2) is 18.1 Å². The molecule has 88 valence electrons. The molecule has 3 aliphatic rings. The van der Waals surface area contributed by atoms with Gasteiger partial charge in [-0.3, -0.25) is 4.79 Å². The lowest BCUT2D eigenvalue weighted by molar-refractivity contribution is -0.119. The number of allylic oxidation sites excluding steroid dienone is 3. The van der Waals surface area contributed by atoms with Gasteiger partial charge in [-0.05, 0) is 31.1 Å². The molecule has 1 aliphatic heterocycles. The van der Waals surface area contributed by atoms with Crippen molar-refractivity contribution in [2.24, 2.45) is 10.2 Å². The van der Waals surface area contributed by atoms with Crippen LogP contribution in [0.5, 0.6) is 0 Å². The number of carbonyl (C=O) groups is 1. The molecule has 1 fully saturated rings. The molecule has 2 aliphatic carbocycles. The fraction of sp³-hybridized carbons (Fsp3) is 0.417. The number of hydrogen-bond donors (Lipinski definition) is 1. The zero-order valence-electron chi connectivity index (χ0n) is 9.67. The lowest BCUT2D eigenvalue weighted by atomic mass is 10.1. The number of nitrogens with zero attached hydrogens (tertiary/aromatic N) is 2. The van der Waals surface area contributed by atoms with E-state index >= 15 is 0 Å². The molecular formula is C12H12FN3O. The number of carbonyl (C=O) groups excluding carboxylic acids is 1. The minimum Gasteiger partial charge on any atom is -0.343 e. The molecule has 0 aromatic carbocycles. The number of azo groups is 1. The average Bonchev–Trinajstić information content (AvgIpc) is 2.75. The third-order valence-corrected chi connectivity index (χ3v) is 3.00. The lowest BCUT2D eigenvalue weighted by Crippen LogP contribution is -2.45. The van der Waals surface area contributed by atoms with Gasteiger partial charge in [-0.15, -0.1) is 10.2 Å². The summed E-state index contributed by atoms with van der Waals surface area (Å²) in [5.74, 6) is -0.361. The molecular weight excluding hydrogens is 221 g/mol. The number of fused-ring (bicyclic) bond motifs is 2. The fourth-order valence-electron chi connectivity index (χ4n) is 1.94. The summed E-state index contributed by atoms with van der Waals surface area (Å²) < 4.78 is 12.6. The summed E-state index contributed by atoms with van der Waals surface area (Å²) in [4.78, 5) is 11.9. The minimum atomic E-state index is -0.870. The first-order valence-electron chi connectivity index (χ1n) is 5.51. The molecule has 5 heteroatoms. The summed E-state index contributed by atoms with van der Waals surface area (Å²) >= 11 is 0. The van der Waals surface area contributed by atoms with E-state index in [9.17, 15) is 9.18 Å². The Morgan fingerprint density at radius 3 is 3.00 bits per heavy atom. The summed E-state index contributed by atoms with van der Waals surface area (Å²) in [5.41, 5.74) is 3.47. The van der Waals surface area contributed by atoms with Crippen molar-refractivity contribution in [3.63, 3.8) is 0 Å².